The Labute approximate surface area is 198 Å². The topological polar surface area (TPSA) is 145 Å². The van der Waals surface area contributed by atoms with E-state index in [4.69, 9.17) is 4.74 Å². The van der Waals surface area contributed by atoms with E-state index in [1.54, 1.807) is 22.8 Å². The van der Waals surface area contributed by atoms with Gasteiger partial charge in [-0.25, -0.2) is 15.0 Å². The summed E-state index contributed by atoms with van der Waals surface area (Å²) in [5, 5.41) is 39.8. The van der Waals surface area contributed by atoms with Crippen molar-refractivity contribution in [3.63, 3.8) is 0 Å². The van der Waals surface area contributed by atoms with Crippen molar-refractivity contribution in [1.29, 1.82) is 0 Å². The number of aliphatic hydroxyl groups is 3. The van der Waals surface area contributed by atoms with Crippen molar-refractivity contribution in [2.75, 3.05) is 18.7 Å². The number of amidine groups is 1. The Morgan fingerprint density at radius 1 is 1.12 bits per heavy atom. The number of nitrogens with zero attached hydrogens (tertiary/aromatic N) is 5. The maximum Gasteiger partial charge on any atom is 0.225 e. The lowest BCUT2D eigenvalue weighted by atomic mass is 10.1. The lowest BCUT2D eigenvalue weighted by Crippen LogP contribution is -2.35. The van der Waals surface area contributed by atoms with Gasteiger partial charge < -0.3 is 29.9 Å². The Hall–Kier alpha value is -2.60. The van der Waals surface area contributed by atoms with Gasteiger partial charge in [0, 0.05) is 19.7 Å². The van der Waals surface area contributed by atoms with Crippen molar-refractivity contribution in [1.82, 2.24) is 19.9 Å². The molecular formula is C23H34N6O5. The second-order valence-electron chi connectivity index (χ2n) is 8.97. The van der Waals surface area contributed by atoms with Gasteiger partial charge in [-0.2, -0.15) is 5.10 Å². The van der Waals surface area contributed by atoms with Crippen LogP contribution < -0.4 is 10.3 Å². The predicted octanol–water partition coefficient (Wildman–Crippen LogP) is 1.41. The van der Waals surface area contributed by atoms with Gasteiger partial charge >= 0.3 is 0 Å². The van der Waals surface area contributed by atoms with Gasteiger partial charge in [0.1, 0.15) is 30.3 Å². The van der Waals surface area contributed by atoms with Gasteiger partial charge in [-0.05, 0) is 6.42 Å². The molecule has 2 aromatic rings. The number of carbonyl (C=O) groups is 1. The van der Waals surface area contributed by atoms with E-state index in [1.165, 1.54) is 32.0 Å². The number of hydrazone groups is 1. The third-order valence-corrected chi connectivity index (χ3v) is 6.46. The Morgan fingerprint density at radius 2 is 1.85 bits per heavy atom. The smallest absolute Gasteiger partial charge is 0.225 e. The fourth-order valence-corrected chi connectivity index (χ4v) is 4.58. The van der Waals surface area contributed by atoms with Crippen LogP contribution in [0.1, 0.15) is 70.1 Å². The summed E-state index contributed by atoms with van der Waals surface area (Å²) < 4.78 is 7.30. The molecule has 0 aliphatic carbocycles. The highest BCUT2D eigenvalue weighted by molar-refractivity contribution is 6.18. The van der Waals surface area contributed by atoms with Crippen molar-refractivity contribution >= 4 is 28.6 Å². The molecule has 2 aliphatic heterocycles. The Morgan fingerprint density at radius 3 is 2.56 bits per heavy atom. The first-order valence-electron chi connectivity index (χ1n) is 12.1. The first-order valence-corrected chi connectivity index (χ1v) is 12.1. The molecule has 0 aromatic carbocycles. The minimum Gasteiger partial charge on any atom is -0.394 e. The van der Waals surface area contributed by atoms with E-state index in [-0.39, 0.29) is 5.91 Å². The Bertz CT molecular complexity index is 1040. The monoisotopic (exact) mass is 474 g/mol. The number of unbranched alkanes of at least 4 members (excludes halogenated alkanes) is 6. The van der Waals surface area contributed by atoms with Gasteiger partial charge in [-0.3, -0.25) is 4.79 Å². The summed E-state index contributed by atoms with van der Waals surface area (Å²) in [6, 6.07) is 0. The van der Waals surface area contributed by atoms with Gasteiger partial charge in [-0.1, -0.05) is 45.4 Å². The second-order valence-corrected chi connectivity index (χ2v) is 8.97. The molecule has 11 nitrogen and oxygen atoms in total. The predicted molar refractivity (Wildman–Crippen MR) is 126 cm³/mol. The maximum absolute atomic E-state index is 12.7. The first-order chi connectivity index (χ1) is 16.5. The number of aromatic nitrogens is 3. The third kappa shape index (κ3) is 4.78. The van der Waals surface area contributed by atoms with Crippen LogP contribution in [0.2, 0.25) is 0 Å². The molecule has 4 heterocycles. The van der Waals surface area contributed by atoms with E-state index in [2.05, 4.69) is 27.3 Å². The zero-order valence-electron chi connectivity index (χ0n) is 19.7. The van der Waals surface area contributed by atoms with Gasteiger partial charge in [0.15, 0.2) is 17.9 Å². The average molecular weight is 475 g/mol. The molecule has 1 amide bonds. The average Bonchev–Trinajstić information content (AvgIpc) is 3.35. The summed E-state index contributed by atoms with van der Waals surface area (Å²) in [6.45, 7) is 1.77. The number of hydrogen-bond donors (Lipinski definition) is 4. The number of carbonyl (C=O) groups excluding carboxylic acids is 1. The van der Waals surface area contributed by atoms with Crippen molar-refractivity contribution in [2.45, 2.75) is 82.8 Å². The highest BCUT2D eigenvalue weighted by atomic mass is 16.6. The number of anilines is 1. The van der Waals surface area contributed by atoms with Gasteiger partial charge in [0.2, 0.25) is 5.91 Å². The molecule has 0 unspecified atom stereocenters. The van der Waals surface area contributed by atoms with Crippen LogP contribution >= 0.6 is 0 Å². The molecule has 1 fully saturated rings. The van der Waals surface area contributed by atoms with E-state index >= 15 is 0 Å². The molecule has 2 aliphatic rings. The van der Waals surface area contributed by atoms with Crippen molar-refractivity contribution < 1.29 is 24.9 Å². The van der Waals surface area contributed by atoms with Crippen LogP contribution in [0.25, 0.3) is 11.0 Å². The second kappa shape index (κ2) is 10.8. The van der Waals surface area contributed by atoms with Gasteiger partial charge in [-0.15, -0.1) is 0 Å². The highest BCUT2D eigenvalue weighted by Gasteiger charge is 2.44. The van der Waals surface area contributed by atoms with Crippen LogP contribution in [0.5, 0.6) is 0 Å². The molecule has 0 spiro atoms. The number of amides is 1. The van der Waals surface area contributed by atoms with Gasteiger partial charge in [0.25, 0.3) is 0 Å². The SMILES string of the molecule is CCCCCCCCCC(=O)NC1=NN(C)c2ncnc3c2c1cn3[C@@H]1O[C@H](CO)[C@@H](O)[C@H]1O. The molecule has 186 valence electrons. The van der Waals surface area contributed by atoms with Crippen molar-refractivity contribution in [3.8, 4) is 0 Å². The van der Waals surface area contributed by atoms with E-state index in [9.17, 15) is 20.1 Å². The first kappa shape index (κ1) is 24.5. The van der Waals surface area contributed by atoms with Crippen LogP contribution in [0.4, 0.5) is 5.82 Å². The van der Waals surface area contributed by atoms with Crippen LogP contribution in [-0.4, -0.2) is 73.6 Å². The Balaban J connectivity index is 1.50. The van der Waals surface area contributed by atoms with Crippen molar-refractivity contribution in [2.24, 2.45) is 5.10 Å². The summed E-state index contributed by atoms with van der Waals surface area (Å²) in [7, 11) is 1.73. The van der Waals surface area contributed by atoms with E-state index in [0.717, 1.165) is 19.3 Å². The highest BCUT2D eigenvalue weighted by Crippen LogP contribution is 2.37. The zero-order chi connectivity index (χ0) is 24.2. The molecule has 4 N–H and O–H groups in total. The molecule has 0 radical (unpaired) electrons. The molecule has 4 atom stereocenters. The number of rotatable bonds is 10. The lowest BCUT2D eigenvalue weighted by Gasteiger charge is -2.21. The molecule has 11 heteroatoms. The maximum atomic E-state index is 12.7. The number of nitrogens with one attached hydrogen (secondary N) is 1. The van der Waals surface area contributed by atoms with Crippen LogP contribution in [0.15, 0.2) is 17.6 Å². The van der Waals surface area contributed by atoms with E-state index in [0.29, 0.717) is 34.7 Å². The summed E-state index contributed by atoms with van der Waals surface area (Å²) in [6.07, 6.45) is 7.01. The molecule has 0 saturated carbocycles. The van der Waals surface area contributed by atoms with E-state index in [1.807, 2.05) is 0 Å². The number of aliphatic hydroxyl groups excluding tert-OH is 3. The summed E-state index contributed by atoms with van der Waals surface area (Å²) in [4.78, 5) is 21.3. The molecule has 0 bridgehead atoms. The Kier molecular flexibility index (Phi) is 7.77. The van der Waals surface area contributed by atoms with Crippen LogP contribution in [0.3, 0.4) is 0 Å². The molecule has 34 heavy (non-hydrogen) atoms. The minimum atomic E-state index is -1.26. The molecule has 4 rings (SSSR count). The van der Waals surface area contributed by atoms with Crippen molar-refractivity contribution in [3.05, 3.63) is 18.1 Å². The van der Waals surface area contributed by atoms with E-state index < -0.39 is 31.1 Å². The molecular weight excluding hydrogens is 440 g/mol. The number of hydrogen-bond acceptors (Lipinski definition) is 9. The van der Waals surface area contributed by atoms with Crippen LogP contribution in [-0.2, 0) is 9.53 Å². The summed E-state index contributed by atoms with van der Waals surface area (Å²) in [5.41, 5.74) is 1.07. The lowest BCUT2D eigenvalue weighted by molar-refractivity contribution is -0.119. The van der Waals surface area contributed by atoms with Crippen LogP contribution in [0, 0.1) is 0 Å². The summed E-state index contributed by atoms with van der Waals surface area (Å²) >= 11 is 0. The minimum absolute atomic E-state index is 0.116. The third-order valence-electron chi connectivity index (χ3n) is 6.46. The molecule has 1 saturated heterocycles. The standard InChI is InChI=1S/C23H34N6O5/c1-3-4-5-6-7-8-9-10-16(31)26-20-14-11-29(23-19(33)18(32)15(12-30)34-23)22-17(14)21(24-13-25-22)28(2)27-20/h11,13,15,18-19,23,30,32-33H,3-10,12H2,1-2H3,(H,26,27,31)/t15-,18-,19-,23-/m1/s1. The fourth-order valence-electron chi connectivity index (χ4n) is 4.58. The largest absolute Gasteiger partial charge is 0.394 e. The fraction of sp³-hybridized carbons (Fsp3) is 0.652. The quantitative estimate of drug-likeness (QED) is 0.378. The zero-order valence-corrected chi connectivity index (χ0v) is 19.7. The van der Waals surface area contributed by atoms with Gasteiger partial charge in [0.05, 0.1) is 17.6 Å². The normalized spacial score (nSPS) is 24.0. The number of ether oxygens (including phenoxy) is 1. The molecule has 2 aromatic heterocycles. The summed E-state index contributed by atoms with van der Waals surface area (Å²) in [5.74, 6) is 0.804.